The molecule has 33 heavy (non-hydrogen) atoms. The lowest BCUT2D eigenvalue weighted by Crippen LogP contribution is -2.35. The number of carbonyl (C=O) groups is 2. The Hall–Kier alpha value is -2.79. The Morgan fingerprint density at radius 2 is 1.67 bits per heavy atom. The largest absolute Gasteiger partial charge is 0.573 e. The monoisotopic (exact) mass is 480 g/mol. The first-order chi connectivity index (χ1) is 15.7. The Labute approximate surface area is 193 Å². The standard InChI is InChI=1S/C22H23F3N4O3S/c23-22(24,25)32-18-5-1-14(2-6-18)3-8-20(30)28-10-16-12-29(13-17(16)11-28)21(31)15-4-7-19(33-26)27-9-15/h1-2,4-7,9,16-17H,3,8,10-13,26H2. The summed E-state index contributed by atoms with van der Waals surface area (Å²) in [6, 6.07) is 8.99. The third kappa shape index (κ3) is 5.77. The average Bonchev–Trinajstić information content (AvgIpc) is 3.36. The first-order valence-electron chi connectivity index (χ1n) is 10.5. The van der Waals surface area contributed by atoms with Crippen molar-refractivity contribution in [2.45, 2.75) is 24.2 Å². The SMILES string of the molecule is NSc1ccc(C(=O)N2CC3CN(C(=O)CCc4ccc(OC(F)(F)F)cc4)CC3C2)cn1. The number of aryl methyl sites for hydroxylation is 1. The molecule has 2 unspecified atom stereocenters. The predicted molar refractivity (Wildman–Crippen MR) is 115 cm³/mol. The van der Waals surface area contributed by atoms with Crippen LogP contribution in [0.2, 0.25) is 0 Å². The van der Waals surface area contributed by atoms with E-state index in [4.69, 9.17) is 5.14 Å². The van der Waals surface area contributed by atoms with Crippen molar-refractivity contribution >= 4 is 23.8 Å². The summed E-state index contributed by atoms with van der Waals surface area (Å²) in [7, 11) is 0. The maximum atomic E-state index is 12.7. The number of halogens is 3. The number of benzene rings is 1. The van der Waals surface area contributed by atoms with E-state index in [-0.39, 0.29) is 35.8 Å². The van der Waals surface area contributed by atoms with E-state index in [0.717, 1.165) is 17.5 Å². The van der Waals surface area contributed by atoms with E-state index >= 15 is 0 Å². The number of aromatic nitrogens is 1. The van der Waals surface area contributed by atoms with Gasteiger partial charge in [0.25, 0.3) is 5.91 Å². The van der Waals surface area contributed by atoms with Crippen LogP contribution < -0.4 is 9.88 Å². The Morgan fingerprint density at radius 3 is 2.21 bits per heavy atom. The number of amides is 2. The van der Waals surface area contributed by atoms with Gasteiger partial charge in [0, 0.05) is 50.6 Å². The summed E-state index contributed by atoms with van der Waals surface area (Å²) < 4.78 is 40.6. The molecule has 176 valence electrons. The number of rotatable bonds is 6. The quantitative estimate of drug-likeness (QED) is 0.640. The van der Waals surface area contributed by atoms with Crippen LogP contribution in [0, 0.1) is 11.8 Å². The van der Waals surface area contributed by atoms with E-state index in [1.54, 1.807) is 12.1 Å². The fourth-order valence-electron chi connectivity index (χ4n) is 4.39. The van der Waals surface area contributed by atoms with Gasteiger partial charge in [-0.2, -0.15) is 0 Å². The summed E-state index contributed by atoms with van der Waals surface area (Å²) in [4.78, 5) is 33.2. The van der Waals surface area contributed by atoms with Gasteiger partial charge in [0.05, 0.1) is 5.56 Å². The topological polar surface area (TPSA) is 88.8 Å². The van der Waals surface area contributed by atoms with Crippen LogP contribution in [0.15, 0.2) is 47.6 Å². The van der Waals surface area contributed by atoms with Crippen molar-refractivity contribution in [2.75, 3.05) is 26.2 Å². The molecule has 0 bridgehead atoms. The molecule has 3 heterocycles. The van der Waals surface area contributed by atoms with Gasteiger partial charge >= 0.3 is 6.36 Å². The van der Waals surface area contributed by atoms with Gasteiger partial charge in [0.2, 0.25) is 5.91 Å². The van der Waals surface area contributed by atoms with Crippen LogP contribution in [0.3, 0.4) is 0 Å². The van der Waals surface area contributed by atoms with Gasteiger partial charge in [-0.25, -0.2) is 4.98 Å². The van der Waals surface area contributed by atoms with Crippen LogP contribution in [0.1, 0.15) is 22.3 Å². The minimum atomic E-state index is -4.73. The van der Waals surface area contributed by atoms with Crippen molar-refractivity contribution in [3.8, 4) is 5.75 Å². The van der Waals surface area contributed by atoms with E-state index in [1.807, 2.05) is 9.80 Å². The number of nitrogens with two attached hydrogens (primary N) is 1. The zero-order chi connectivity index (χ0) is 23.6. The summed E-state index contributed by atoms with van der Waals surface area (Å²) in [5.74, 6) is 0.138. The second kappa shape index (κ2) is 9.60. The molecule has 2 amide bonds. The molecular formula is C22H23F3N4O3S. The molecule has 1 aromatic carbocycles. The fraction of sp³-hybridized carbons (Fsp3) is 0.409. The highest BCUT2D eigenvalue weighted by atomic mass is 32.2. The molecule has 2 saturated heterocycles. The average molecular weight is 481 g/mol. The van der Waals surface area contributed by atoms with Gasteiger partial charge in [-0.15, -0.1) is 13.2 Å². The van der Waals surface area contributed by atoms with Gasteiger partial charge in [-0.1, -0.05) is 12.1 Å². The summed E-state index contributed by atoms with van der Waals surface area (Å²) in [5, 5.41) is 6.11. The number of hydrogen-bond acceptors (Lipinski definition) is 6. The number of pyridine rings is 1. The van der Waals surface area contributed by atoms with Crippen LogP contribution in [-0.4, -0.2) is 59.1 Å². The molecule has 7 nitrogen and oxygen atoms in total. The maximum absolute atomic E-state index is 12.7. The maximum Gasteiger partial charge on any atom is 0.573 e. The number of ether oxygens (including phenoxy) is 1. The molecule has 2 fully saturated rings. The summed E-state index contributed by atoms with van der Waals surface area (Å²) in [6.07, 6.45) is -2.48. The molecule has 11 heteroatoms. The van der Waals surface area contributed by atoms with E-state index in [9.17, 15) is 22.8 Å². The highest BCUT2D eigenvalue weighted by Crippen LogP contribution is 2.32. The first kappa shape index (κ1) is 23.4. The van der Waals surface area contributed by atoms with Crippen molar-refractivity contribution < 1.29 is 27.5 Å². The minimum Gasteiger partial charge on any atom is -0.406 e. The third-order valence-electron chi connectivity index (χ3n) is 6.01. The van der Waals surface area contributed by atoms with Crippen LogP contribution in [0.5, 0.6) is 5.75 Å². The molecule has 4 rings (SSSR count). The third-order valence-corrected chi connectivity index (χ3v) is 6.50. The fourth-order valence-corrected chi connectivity index (χ4v) is 4.65. The molecule has 1 aromatic heterocycles. The number of alkyl halides is 3. The van der Waals surface area contributed by atoms with Crippen molar-refractivity contribution in [2.24, 2.45) is 17.0 Å². The number of hydrogen-bond donors (Lipinski definition) is 1. The highest BCUT2D eigenvalue weighted by Gasteiger charge is 2.43. The van der Waals surface area contributed by atoms with E-state index in [0.29, 0.717) is 43.2 Å². The van der Waals surface area contributed by atoms with Crippen LogP contribution in [0.4, 0.5) is 13.2 Å². The van der Waals surface area contributed by atoms with Gasteiger partial charge in [-0.3, -0.25) is 14.7 Å². The zero-order valence-corrected chi connectivity index (χ0v) is 18.4. The first-order valence-corrected chi connectivity index (χ1v) is 11.3. The zero-order valence-electron chi connectivity index (χ0n) is 17.6. The van der Waals surface area contributed by atoms with Gasteiger partial charge in [0.1, 0.15) is 10.8 Å². The lowest BCUT2D eigenvalue weighted by atomic mass is 10.0. The second-order valence-corrected chi connectivity index (χ2v) is 8.88. The van der Waals surface area contributed by atoms with Crippen molar-refractivity contribution in [3.05, 3.63) is 53.7 Å². The molecule has 2 aliphatic heterocycles. The smallest absolute Gasteiger partial charge is 0.406 e. The Bertz CT molecular complexity index is 987. The van der Waals surface area contributed by atoms with E-state index < -0.39 is 6.36 Å². The lowest BCUT2D eigenvalue weighted by Gasteiger charge is -2.22. The molecule has 0 radical (unpaired) electrons. The van der Waals surface area contributed by atoms with Crippen LogP contribution in [-0.2, 0) is 11.2 Å². The Balaban J connectivity index is 1.24. The van der Waals surface area contributed by atoms with Crippen LogP contribution >= 0.6 is 11.9 Å². The Morgan fingerprint density at radius 1 is 1.03 bits per heavy atom. The molecule has 2 aliphatic rings. The van der Waals surface area contributed by atoms with Crippen molar-refractivity contribution in [1.82, 2.24) is 14.8 Å². The van der Waals surface area contributed by atoms with Gasteiger partial charge in [-0.05, 0) is 48.2 Å². The number of likely N-dealkylation sites (tertiary alicyclic amines) is 2. The van der Waals surface area contributed by atoms with Gasteiger partial charge < -0.3 is 14.5 Å². The predicted octanol–water partition coefficient (Wildman–Crippen LogP) is 3.11. The lowest BCUT2D eigenvalue weighted by molar-refractivity contribution is -0.274. The number of carbonyl (C=O) groups excluding carboxylic acids is 2. The van der Waals surface area contributed by atoms with Gasteiger partial charge in [0.15, 0.2) is 0 Å². The molecule has 0 aliphatic carbocycles. The number of nitrogens with zero attached hydrogens (tertiary/aromatic N) is 3. The molecule has 2 aromatic rings. The minimum absolute atomic E-state index is 0.0111. The van der Waals surface area contributed by atoms with E-state index in [2.05, 4.69) is 9.72 Å². The summed E-state index contributed by atoms with van der Waals surface area (Å²) >= 11 is 1.02. The summed E-state index contributed by atoms with van der Waals surface area (Å²) in [5.41, 5.74) is 1.29. The van der Waals surface area contributed by atoms with E-state index in [1.165, 1.54) is 30.5 Å². The summed E-state index contributed by atoms with van der Waals surface area (Å²) in [6.45, 7) is 2.40. The normalized spacial score (nSPS) is 20.1. The molecule has 0 spiro atoms. The van der Waals surface area contributed by atoms with Crippen molar-refractivity contribution in [1.29, 1.82) is 0 Å². The van der Waals surface area contributed by atoms with Crippen LogP contribution in [0.25, 0.3) is 0 Å². The highest BCUT2D eigenvalue weighted by molar-refractivity contribution is 7.97. The Kier molecular flexibility index (Phi) is 6.80. The second-order valence-electron chi connectivity index (χ2n) is 8.22. The molecule has 0 saturated carbocycles. The van der Waals surface area contributed by atoms with Crippen molar-refractivity contribution in [3.63, 3.8) is 0 Å². The molecule has 2 atom stereocenters. The number of fused-ring (bicyclic) bond motifs is 1. The molecular weight excluding hydrogens is 457 g/mol. The molecule has 2 N–H and O–H groups in total.